The Bertz CT molecular complexity index is 754. The van der Waals surface area contributed by atoms with Crippen LogP contribution in [0.3, 0.4) is 0 Å². The van der Waals surface area contributed by atoms with Crippen molar-refractivity contribution in [1.29, 1.82) is 0 Å². The van der Waals surface area contributed by atoms with Gasteiger partial charge in [-0.25, -0.2) is 4.39 Å². The van der Waals surface area contributed by atoms with Gasteiger partial charge >= 0.3 is 0 Å². The number of halogens is 2. The van der Waals surface area contributed by atoms with Crippen LogP contribution in [-0.4, -0.2) is 4.98 Å². The van der Waals surface area contributed by atoms with Gasteiger partial charge in [0, 0.05) is 10.7 Å². The molecule has 0 radical (unpaired) electrons. The Morgan fingerprint density at radius 3 is 2.95 bits per heavy atom. The number of rotatable bonds is 4. The van der Waals surface area contributed by atoms with Gasteiger partial charge in [0.25, 0.3) is 0 Å². The highest BCUT2D eigenvalue weighted by molar-refractivity contribution is 9.10. The van der Waals surface area contributed by atoms with E-state index in [1.165, 1.54) is 12.1 Å². The van der Waals surface area contributed by atoms with E-state index in [2.05, 4.69) is 32.4 Å². The Kier molecular flexibility index (Phi) is 4.30. The first kappa shape index (κ1) is 14.6. The minimum Gasteiger partial charge on any atom is -0.271 e. The topological polar surface area (TPSA) is 50.9 Å². The number of hydrogen-bond donors (Lipinski definition) is 2. The number of nitrogens with two attached hydrogens (primary N) is 1. The molecule has 1 unspecified atom stereocenters. The van der Waals surface area contributed by atoms with Gasteiger partial charge in [-0.15, -0.1) is 11.3 Å². The second-order valence-corrected chi connectivity index (χ2v) is 6.64. The largest absolute Gasteiger partial charge is 0.271 e. The number of hydrazine groups is 1. The molecule has 108 valence electrons. The summed E-state index contributed by atoms with van der Waals surface area (Å²) in [5, 5.41) is 2.01. The van der Waals surface area contributed by atoms with Crippen LogP contribution >= 0.6 is 27.3 Å². The maximum atomic E-state index is 13.5. The van der Waals surface area contributed by atoms with Crippen LogP contribution in [0.2, 0.25) is 0 Å². The molecule has 21 heavy (non-hydrogen) atoms. The molecule has 0 spiro atoms. The first-order valence-corrected chi connectivity index (χ1v) is 8.07. The summed E-state index contributed by atoms with van der Waals surface area (Å²) in [6.07, 6.45) is 2.40. The standard InChI is InChI=1S/C15H13BrFN3S/c16-11-3-9(4-12(17)7-11)5-14(20-18)10-6-15-13(19-8-10)1-2-21-15/h1-4,6-8,14,20H,5,18H2. The predicted octanol–water partition coefficient (Wildman–Crippen LogP) is 3.95. The van der Waals surface area contributed by atoms with Gasteiger partial charge in [-0.3, -0.25) is 16.3 Å². The fourth-order valence-corrected chi connectivity index (χ4v) is 3.59. The third-order valence-corrected chi connectivity index (χ3v) is 4.60. The highest BCUT2D eigenvalue weighted by Crippen LogP contribution is 2.25. The van der Waals surface area contributed by atoms with Crippen molar-refractivity contribution in [2.75, 3.05) is 0 Å². The summed E-state index contributed by atoms with van der Waals surface area (Å²) < 4.78 is 15.3. The monoisotopic (exact) mass is 365 g/mol. The van der Waals surface area contributed by atoms with Crippen molar-refractivity contribution < 1.29 is 4.39 Å². The number of thiophene rings is 1. The highest BCUT2D eigenvalue weighted by Gasteiger charge is 2.13. The Hall–Kier alpha value is -1.34. The van der Waals surface area contributed by atoms with Crippen LogP contribution in [0, 0.1) is 5.82 Å². The third-order valence-electron chi connectivity index (χ3n) is 3.29. The zero-order valence-corrected chi connectivity index (χ0v) is 13.4. The van der Waals surface area contributed by atoms with Crippen molar-refractivity contribution in [3.05, 3.63) is 63.3 Å². The number of fused-ring (bicyclic) bond motifs is 1. The van der Waals surface area contributed by atoms with Crippen LogP contribution in [0.1, 0.15) is 17.2 Å². The molecule has 3 N–H and O–H groups in total. The second-order valence-electron chi connectivity index (χ2n) is 4.77. The van der Waals surface area contributed by atoms with Gasteiger partial charge in [0.05, 0.1) is 16.3 Å². The van der Waals surface area contributed by atoms with Crippen molar-refractivity contribution >= 4 is 37.5 Å². The number of nitrogens with zero attached hydrogens (tertiary/aromatic N) is 1. The Morgan fingerprint density at radius 2 is 2.19 bits per heavy atom. The molecule has 3 aromatic rings. The lowest BCUT2D eigenvalue weighted by atomic mass is 10.0. The summed E-state index contributed by atoms with van der Waals surface area (Å²) in [4.78, 5) is 4.42. The molecule has 1 aromatic carbocycles. The van der Waals surface area contributed by atoms with E-state index in [0.29, 0.717) is 6.42 Å². The van der Waals surface area contributed by atoms with E-state index in [9.17, 15) is 4.39 Å². The molecule has 0 aliphatic rings. The smallest absolute Gasteiger partial charge is 0.124 e. The number of pyridine rings is 1. The molecule has 3 rings (SSSR count). The number of nitrogens with one attached hydrogen (secondary N) is 1. The maximum absolute atomic E-state index is 13.5. The molecule has 2 heterocycles. The van der Waals surface area contributed by atoms with Gasteiger partial charge in [-0.1, -0.05) is 15.9 Å². The lowest BCUT2D eigenvalue weighted by molar-refractivity contribution is 0.547. The zero-order valence-electron chi connectivity index (χ0n) is 11.0. The zero-order chi connectivity index (χ0) is 14.8. The van der Waals surface area contributed by atoms with Gasteiger partial charge in [0.2, 0.25) is 0 Å². The lowest BCUT2D eigenvalue weighted by Crippen LogP contribution is -2.29. The van der Waals surface area contributed by atoms with Crippen LogP contribution in [0.4, 0.5) is 4.39 Å². The molecule has 1 atom stereocenters. The van der Waals surface area contributed by atoms with E-state index >= 15 is 0 Å². The molecular weight excluding hydrogens is 353 g/mol. The predicted molar refractivity (Wildman–Crippen MR) is 87.5 cm³/mol. The summed E-state index contributed by atoms with van der Waals surface area (Å²) in [6, 6.07) is 8.80. The van der Waals surface area contributed by atoms with Gasteiger partial charge in [-0.2, -0.15) is 0 Å². The maximum Gasteiger partial charge on any atom is 0.124 e. The van der Waals surface area contributed by atoms with E-state index in [1.807, 2.05) is 23.7 Å². The molecule has 6 heteroatoms. The van der Waals surface area contributed by atoms with Crippen molar-refractivity contribution in [2.24, 2.45) is 5.84 Å². The highest BCUT2D eigenvalue weighted by atomic mass is 79.9. The Morgan fingerprint density at radius 1 is 1.33 bits per heavy atom. The number of benzene rings is 1. The summed E-state index contributed by atoms with van der Waals surface area (Å²) in [5.41, 5.74) is 5.63. The quantitative estimate of drug-likeness (QED) is 0.543. The Labute approximate surface area is 134 Å². The first-order chi connectivity index (χ1) is 10.2. The van der Waals surface area contributed by atoms with Gasteiger partial charge in [0.15, 0.2) is 0 Å². The van der Waals surface area contributed by atoms with Crippen LogP contribution in [-0.2, 0) is 6.42 Å². The van der Waals surface area contributed by atoms with E-state index in [4.69, 9.17) is 5.84 Å². The minimum atomic E-state index is -0.262. The van der Waals surface area contributed by atoms with Gasteiger partial charge in [0.1, 0.15) is 5.82 Å². The number of hydrogen-bond acceptors (Lipinski definition) is 4. The molecule has 0 saturated carbocycles. The van der Waals surface area contributed by atoms with E-state index in [-0.39, 0.29) is 11.9 Å². The molecule has 0 fully saturated rings. The average Bonchev–Trinajstić information content (AvgIpc) is 2.91. The van der Waals surface area contributed by atoms with Crippen molar-refractivity contribution in [1.82, 2.24) is 10.4 Å². The summed E-state index contributed by atoms with van der Waals surface area (Å²) in [6.45, 7) is 0. The fraction of sp³-hybridized carbons (Fsp3) is 0.133. The van der Waals surface area contributed by atoms with Crippen LogP contribution in [0.15, 0.2) is 46.4 Å². The molecule has 0 aliphatic carbocycles. The Balaban J connectivity index is 1.90. The molecule has 3 nitrogen and oxygen atoms in total. The minimum absolute atomic E-state index is 0.113. The molecule has 0 bridgehead atoms. The van der Waals surface area contributed by atoms with Gasteiger partial charge < -0.3 is 0 Å². The van der Waals surface area contributed by atoms with E-state index in [1.54, 1.807) is 11.3 Å². The van der Waals surface area contributed by atoms with Crippen molar-refractivity contribution in [2.45, 2.75) is 12.5 Å². The van der Waals surface area contributed by atoms with Crippen molar-refractivity contribution in [3.8, 4) is 0 Å². The van der Waals surface area contributed by atoms with Crippen LogP contribution in [0.25, 0.3) is 10.2 Å². The summed E-state index contributed by atoms with van der Waals surface area (Å²) in [5.74, 6) is 5.41. The van der Waals surface area contributed by atoms with Gasteiger partial charge in [-0.05, 0) is 53.3 Å². The average molecular weight is 366 g/mol. The van der Waals surface area contributed by atoms with Crippen molar-refractivity contribution in [3.63, 3.8) is 0 Å². The van der Waals surface area contributed by atoms with Crippen LogP contribution in [0.5, 0.6) is 0 Å². The third kappa shape index (κ3) is 3.29. The van der Waals surface area contributed by atoms with E-state index < -0.39 is 0 Å². The SMILES string of the molecule is NNC(Cc1cc(F)cc(Br)c1)c1cnc2ccsc2c1. The molecule has 0 saturated heterocycles. The molecule has 0 aliphatic heterocycles. The summed E-state index contributed by atoms with van der Waals surface area (Å²) in [7, 11) is 0. The van der Waals surface area contributed by atoms with Crippen LogP contribution < -0.4 is 11.3 Å². The normalized spacial score (nSPS) is 12.7. The first-order valence-electron chi connectivity index (χ1n) is 6.40. The molecular formula is C15H13BrFN3S. The summed E-state index contributed by atoms with van der Waals surface area (Å²) >= 11 is 4.95. The molecule has 2 aromatic heterocycles. The fourth-order valence-electron chi connectivity index (χ4n) is 2.29. The molecule has 0 amide bonds. The van der Waals surface area contributed by atoms with E-state index in [0.717, 1.165) is 25.8 Å². The lowest BCUT2D eigenvalue weighted by Gasteiger charge is -2.16. The second kappa shape index (κ2) is 6.19. The number of aromatic nitrogens is 1.